The van der Waals surface area contributed by atoms with Crippen LogP contribution in [0.15, 0.2) is 0 Å². The quantitative estimate of drug-likeness (QED) is 0.0588. The van der Waals surface area contributed by atoms with Gasteiger partial charge in [-0.05, 0) is 0 Å². The van der Waals surface area contributed by atoms with Gasteiger partial charge < -0.3 is 10.2 Å². The molecule has 0 aromatic carbocycles. The Labute approximate surface area is 278 Å². The van der Waals surface area contributed by atoms with E-state index in [9.17, 15) is 10.2 Å². The molecular formula is C36H74CaO2. The third-order valence-corrected chi connectivity index (χ3v) is 8.00. The molecule has 0 saturated heterocycles. The summed E-state index contributed by atoms with van der Waals surface area (Å²) in [6.07, 6.45) is 43.7. The van der Waals surface area contributed by atoms with Crippen LogP contribution >= 0.6 is 0 Å². The van der Waals surface area contributed by atoms with Crippen LogP contribution in [0.4, 0.5) is 0 Å². The second-order valence-electron chi connectivity index (χ2n) is 12.0. The monoisotopic (exact) mass is 579 g/mol. The van der Waals surface area contributed by atoms with Gasteiger partial charge in [-0.1, -0.05) is 219 Å². The molecule has 0 unspecified atom stereocenters. The Morgan fingerprint density at radius 3 is 0.487 bits per heavy atom. The first-order valence-corrected chi connectivity index (χ1v) is 18.0. The number of unbranched alkanes of at least 4 members (excludes halogenated alkanes) is 30. The first-order valence-electron chi connectivity index (χ1n) is 18.0. The van der Waals surface area contributed by atoms with Crippen LogP contribution in [0.3, 0.4) is 0 Å². The minimum Gasteiger partial charge on any atom is -0.854 e. The van der Waals surface area contributed by atoms with E-state index in [0.717, 1.165) is 25.7 Å². The van der Waals surface area contributed by atoms with Crippen molar-refractivity contribution in [3.05, 3.63) is 0 Å². The summed E-state index contributed by atoms with van der Waals surface area (Å²) in [5.41, 5.74) is 0. The van der Waals surface area contributed by atoms with Crippen LogP contribution in [0.1, 0.15) is 219 Å². The Kier molecular flexibility index (Phi) is 52.8. The van der Waals surface area contributed by atoms with Gasteiger partial charge in [-0.15, -0.1) is 13.2 Å². The molecule has 0 spiro atoms. The predicted molar refractivity (Wildman–Crippen MR) is 175 cm³/mol. The zero-order chi connectivity index (χ0) is 28.0. The van der Waals surface area contributed by atoms with Gasteiger partial charge in [-0.3, -0.25) is 0 Å². The Balaban J connectivity index is -0.000000648. The molecule has 0 rings (SSSR count). The van der Waals surface area contributed by atoms with Crippen LogP contribution in [0.5, 0.6) is 0 Å². The summed E-state index contributed by atoms with van der Waals surface area (Å²) in [6.45, 7) is 4.81. The molecule has 2 nitrogen and oxygen atoms in total. The Hall–Kier alpha value is 1.18. The molecule has 0 fully saturated rings. The van der Waals surface area contributed by atoms with E-state index in [1.165, 1.54) is 180 Å². The molecule has 0 bridgehead atoms. The van der Waals surface area contributed by atoms with E-state index < -0.39 is 0 Å². The molecule has 0 aliphatic rings. The SMILES string of the molecule is CCCCCCCCCCCCCCCCCC[O-].CCCCCCCCCCCCCCCCCC[O-].[Ca+2]. The van der Waals surface area contributed by atoms with Crippen molar-refractivity contribution in [2.24, 2.45) is 0 Å². The second-order valence-corrected chi connectivity index (χ2v) is 12.0. The molecular weight excluding hydrogens is 504 g/mol. The van der Waals surface area contributed by atoms with Crippen molar-refractivity contribution in [2.75, 3.05) is 13.2 Å². The summed E-state index contributed by atoms with van der Waals surface area (Å²) in [5, 5.41) is 20.5. The molecule has 0 atom stereocenters. The molecule has 0 aromatic rings. The molecule has 232 valence electrons. The summed E-state index contributed by atoms with van der Waals surface area (Å²) >= 11 is 0. The van der Waals surface area contributed by atoms with Gasteiger partial charge in [0, 0.05) is 0 Å². The van der Waals surface area contributed by atoms with Crippen LogP contribution in [0, 0.1) is 0 Å². The van der Waals surface area contributed by atoms with Crippen LogP contribution < -0.4 is 10.2 Å². The van der Waals surface area contributed by atoms with E-state index in [4.69, 9.17) is 0 Å². The van der Waals surface area contributed by atoms with Crippen molar-refractivity contribution < 1.29 is 10.2 Å². The van der Waals surface area contributed by atoms with Crippen molar-refractivity contribution in [1.29, 1.82) is 0 Å². The van der Waals surface area contributed by atoms with Crippen molar-refractivity contribution in [3.8, 4) is 0 Å². The minimum atomic E-state index is 0. The van der Waals surface area contributed by atoms with Crippen LogP contribution in [-0.4, -0.2) is 51.0 Å². The van der Waals surface area contributed by atoms with E-state index in [1.807, 2.05) is 0 Å². The average Bonchev–Trinajstić information content (AvgIpc) is 2.93. The number of hydrogen-bond acceptors (Lipinski definition) is 2. The van der Waals surface area contributed by atoms with Crippen LogP contribution in [0.2, 0.25) is 0 Å². The molecule has 0 amide bonds. The van der Waals surface area contributed by atoms with Gasteiger partial charge in [0.15, 0.2) is 0 Å². The summed E-state index contributed by atoms with van der Waals surface area (Å²) in [6, 6.07) is 0. The van der Waals surface area contributed by atoms with Crippen LogP contribution in [0.25, 0.3) is 0 Å². The molecule has 0 radical (unpaired) electrons. The standard InChI is InChI=1S/2C18H37O.Ca/c2*1-2-3-4-5-6-7-8-9-10-11-12-13-14-15-16-17-18-19;/h2*2-18H2,1H3;/q2*-1;+2. The van der Waals surface area contributed by atoms with E-state index in [2.05, 4.69) is 13.8 Å². The molecule has 3 heteroatoms. The second kappa shape index (κ2) is 46.1. The Morgan fingerprint density at radius 2 is 0.359 bits per heavy atom. The van der Waals surface area contributed by atoms with E-state index in [0.29, 0.717) is 0 Å². The van der Waals surface area contributed by atoms with Gasteiger partial charge in [0.2, 0.25) is 0 Å². The molecule has 0 aliphatic heterocycles. The summed E-state index contributed by atoms with van der Waals surface area (Å²) < 4.78 is 0. The summed E-state index contributed by atoms with van der Waals surface area (Å²) in [4.78, 5) is 0. The Bertz CT molecular complexity index is 298. The molecule has 0 N–H and O–H groups in total. The van der Waals surface area contributed by atoms with Gasteiger partial charge in [0.05, 0.1) is 0 Å². The maximum Gasteiger partial charge on any atom is 2.00 e. The minimum absolute atomic E-state index is 0. The van der Waals surface area contributed by atoms with Gasteiger partial charge in [0.1, 0.15) is 0 Å². The van der Waals surface area contributed by atoms with Gasteiger partial charge in [0.25, 0.3) is 0 Å². The zero-order valence-corrected chi connectivity index (χ0v) is 29.8. The fourth-order valence-electron chi connectivity index (χ4n) is 5.30. The van der Waals surface area contributed by atoms with Crippen LogP contribution in [-0.2, 0) is 0 Å². The van der Waals surface area contributed by atoms with Gasteiger partial charge >= 0.3 is 37.7 Å². The Morgan fingerprint density at radius 1 is 0.231 bits per heavy atom. The third-order valence-electron chi connectivity index (χ3n) is 8.00. The molecule has 39 heavy (non-hydrogen) atoms. The first kappa shape index (κ1) is 44.6. The smallest absolute Gasteiger partial charge is 0.854 e. The topological polar surface area (TPSA) is 46.1 Å². The maximum absolute atomic E-state index is 10.3. The van der Waals surface area contributed by atoms with Crippen molar-refractivity contribution in [2.45, 2.75) is 219 Å². The molecule has 0 saturated carbocycles. The van der Waals surface area contributed by atoms with Crippen molar-refractivity contribution >= 4 is 37.7 Å². The largest absolute Gasteiger partial charge is 2.00 e. The van der Waals surface area contributed by atoms with Gasteiger partial charge in [-0.25, -0.2) is 0 Å². The van der Waals surface area contributed by atoms with E-state index in [1.54, 1.807) is 0 Å². The molecule has 0 aromatic heterocycles. The van der Waals surface area contributed by atoms with E-state index >= 15 is 0 Å². The summed E-state index contributed by atoms with van der Waals surface area (Å²) in [5.74, 6) is 0. The van der Waals surface area contributed by atoms with Crippen molar-refractivity contribution in [3.63, 3.8) is 0 Å². The normalized spacial score (nSPS) is 10.8. The number of rotatable bonds is 32. The third kappa shape index (κ3) is 49.2. The molecule has 0 aliphatic carbocycles. The summed E-state index contributed by atoms with van der Waals surface area (Å²) in [7, 11) is 0. The fraction of sp³-hybridized carbons (Fsp3) is 1.00. The van der Waals surface area contributed by atoms with Crippen molar-refractivity contribution in [1.82, 2.24) is 0 Å². The fourth-order valence-corrected chi connectivity index (χ4v) is 5.30. The average molecular weight is 579 g/mol. The number of hydrogen-bond donors (Lipinski definition) is 0. The van der Waals surface area contributed by atoms with E-state index in [-0.39, 0.29) is 51.0 Å². The predicted octanol–water partition coefficient (Wildman–Crippen LogP) is 10.8. The molecule has 0 heterocycles. The maximum atomic E-state index is 10.3. The van der Waals surface area contributed by atoms with Gasteiger partial charge in [-0.2, -0.15) is 0 Å². The first-order chi connectivity index (χ1) is 18.8. The zero-order valence-electron chi connectivity index (χ0n) is 27.6.